The Bertz CT molecular complexity index is 921. The SMILES string of the molecule is CCN1CCCC1CNC(=O)c1ccc(Sc2ccc(O)c(O)c2)c([N+](=O)[O-])c1. The van der Waals surface area contributed by atoms with E-state index < -0.39 is 4.92 Å². The average molecular weight is 417 g/mol. The largest absolute Gasteiger partial charge is 0.504 e. The van der Waals surface area contributed by atoms with Gasteiger partial charge in [-0.2, -0.15) is 0 Å². The van der Waals surface area contributed by atoms with E-state index in [0.717, 1.165) is 37.7 Å². The molecule has 1 fully saturated rings. The summed E-state index contributed by atoms with van der Waals surface area (Å²) in [6, 6.07) is 8.83. The molecule has 29 heavy (non-hydrogen) atoms. The molecule has 0 spiro atoms. The lowest BCUT2D eigenvalue weighted by Crippen LogP contribution is -2.40. The van der Waals surface area contributed by atoms with E-state index in [9.17, 15) is 25.1 Å². The molecule has 1 amide bonds. The number of benzene rings is 2. The van der Waals surface area contributed by atoms with Gasteiger partial charge in [0, 0.05) is 29.1 Å². The molecule has 0 radical (unpaired) electrons. The van der Waals surface area contributed by atoms with Crippen molar-refractivity contribution in [2.24, 2.45) is 0 Å². The van der Waals surface area contributed by atoms with Gasteiger partial charge in [-0.25, -0.2) is 0 Å². The summed E-state index contributed by atoms with van der Waals surface area (Å²) in [5.41, 5.74) is 0.0434. The van der Waals surface area contributed by atoms with Crippen LogP contribution in [0.4, 0.5) is 5.69 Å². The Morgan fingerprint density at radius 3 is 2.76 bits per heavy atom. The van der Waals surface area contributed by atoms with E-state index in [1.165, 1.54) is 24.3 Å². The minimum Gasteiger partial charge on any atom is -0.504 e. The zero-order chi connectivity index (χ0) is 21.0. The summed E-state index contributed by atoms with van der Waals surface area (Å²) < 4.78 is 0. The third kappa shape index (κ3) is 4.99. The zero-order valence-corrected chi connectivity index (χ0v) is 16.8. The Morgan fingerprint density at radius 2 is 2.07 bits per heavy atom. The lowest BCUT2D eigenvalue weighted by atomic mass is 10.1. The first-order chi connectivity index (χ1) is 13.9. The maximum Gasteiger partial charge on any atom is 0.284 e. The minimum atomic E-state index is -0.533. The summed E-state index contributed by atoms with van der Waals surface area (Å²) in [7, 11) is 0. The number of phenols is 2. The van der Waals surface area contributed by atoms with Crippen molar-refractivity contribution < 1.29 is 19.9 Å². The third-order valence-corrected chi connectivity index (χ3v) is 6.05. The lowest BCUT2D eigenvalue weighted by molar-refractivity contribution is -0.387. The van der Waals surface area contributed by atoms with E-state index >= 15 is 0 Å². The second kappa shape index (κ2) is 9.15. The number of amides is 1. The fraction of sp³-hybridized carbons (Fsp3) is 0.350. The fourth-order valence-corrected chi connectivity index (χ4v) is 4.37. The maximum atomic E-state index is 12.5. The second-order valence-electron chi connectivity index (χ2n) is 6.83. The Morgan fingerprint density at radius 1 is 1.28 bits per heavy atom. The molecule has 1 aliphatic rings. The van der Waals surface area contributed by atoms with Crippen molar-refractivity contribution in [2.75, 3.05) is 19.6 Å². The molecule has 9 heteroatoms. The van der Waals surface area contributed by atoms with Gasteiger partial charge in [-0.1, -0.05) is 18.7 Å². The van der Waals surface area contributed by atoms with E-state index in [4.69, 9.17) is 0 Å². The molecule has 2 aromatic rings. The number of likely N-dealkylation sites (tertiary alicyclic amines) is 1. The topological polar surface area (TPSA) is 116 Å². The van der Waals surface area contributed by atoms with E-state index in [2.05, 4.69) is 17.1 Å². The Hall–Kier alpha value is -2.78. The summed E-state index contributed by atoms with van der Waals surface area (Å²) >= 11 is 1.07. The van der Waals surface area contributed by atoms with Gasteiger partial charge in [0.2, 0.25) is 0 Å². The van der Waals surface area contributed by atoms with Crippen molar-refractivity contribution in [3.05, 3.63) is 52.1 Å². The highest BCUT2D eigenvalue weighted by Gasteiger charge is 2.24. The van der Waals surface area contributed by atoms with Gasteiger partial charge >= 0.3 is 0 Å². The van der Waals surface area contributed by atoms with E-state index in [1.807, 2.05) is 0 Å². The van der Waals surface area contributed by atoms with Crippen LogP contribution in [-0.2, 0) is 0 Å². The highest BCUT2D eigenvalue weighted by molar-refractivity contribution is 7.99. The summed E-state index contributed by atoms with van der Waals surface area (Å²) in [6.45, 7) is 4.57. The minimum absolute atomic E-state index is 0.189. The number of phenolic OH excluding ortho intramolecular Hbond substituents is 2. The molecule has 3 rings (SSSR count). The Balaban J connectivity index is 1.73. The second-order valence-corrected chi connectivity index (χ2v) is 7.94. The predicted molar refractivity (Wildman–Crippen MR) is 110 cm³/mol. The molecule has 8 nitrogen and oxygen atoms in total. The predicted octanol–water partition coefficient (Wildman–Crippen LogP) is 3.37. The lowest BCUT2D eigenvalue weighted by Gasteiger charge is -2.22. The molecular weight excluding hydrogens is 394 g/mol. The first-order valence-electron chi connectivity index (χ1n) is 9.39. The number of hydrogen-bond donors (Lipinski definition) is 3. The number of aromatic hydroxyl groups is 2. The molecule has 0 aromatic heterocycles. The summed E-state index contributed by atoms with van der Waals surface area (Å²) in [5.74, 6) is -0.906. The van der Waals surface area contributed by atoms with Gasteiger partial charge in [-0.05, 0) is 56.3 Å². The van der Waals surface area contributed by atoms with Crippen LogP contribution < -0.4 is 5.32 Å². The van der Waals surface area contributed by atoms with Crippen LogP contribution in [0.15, 0.2) is 46.2 Å². The van der Waals surface area contributed by atoms with E-state index in [-0.39, 0.29) is 28.7 Å². The smallest absolute Gasteiger partial charge is 0.284 e. The Kier molecular flexibility index (Phi) is 6.60. The average Bonchev–Trinajstić information content (AvgIpc) is 3.16. The number of nitro groups is 1. The highest BCUT2D eigenvalue weighted by Crippen LogP contribution is 2.38. The van der Waals surface area contributed by atoms with Crippen molar-refractivity contribution in [3.8, 4) is 11.5 Å². The molecule has 0 saturated carbocycles. The van der Waals surface area contributed by atoms with Gasteiger partial charge in [-0.3, -0.25) is 19.8 Å². The summed E-state index contributed by atoms with van der Waals surface area (Å²) in [4.78, 5) is 26.7. The van der Waals surface area contributed by atoms with Crippen LogP contribution in [0, 0.1) is 10.1 Å². The number of hydrogen-bond acceptors (Lipinski definition) is 7. The van der Waals surface area contributed by atoms with Crippen molar-refractivity contribution in [1.82, 2.24) is 10.2 Å². The van der Waals surface area contributed by atoms with Crippen LogP contribution in [0.3, 0.4) is 0 Å². The number of rotatable bonds is 7. The molecule has 1 aliphatic heterocycles. The number of likely N-dealkylation sites (N-methyl/N-ethyl adjacent to an activating group) is 1. The Labute approximate surface area is 172 Å². The van der Waals surface area contributed by atoms with Gasteiger partial charge < -0.3 is 15.5 Å². The standard InChI is InChI=1S/C20H23N3O5S/c1-2-22-9-3-4-14(22)12-21-20(26)13-5-8-19(16(10-13)23(27)28)29-15-6-7-17(24)18(25)11-15/h5-8,10-11,14,24-25H,2-4,9,12H2,1H3,(H,21,26). The van der Waals surface area contributed by atoms with Gasteiger partial charge in [0.15, 0.2) is 11.5 Å². The van der Waals surface area contributed by atoms with E-state index in [0.29, 0.717) is 22.4 Å². The van der Waals surface area contributed by atoms with Crippen LogP contribution in [0.2, 0.25) is 0 Å². The van der Waals surface area contributed by atoms with Crippen molar-refractivity contribution in [3.63, 3.8) is 0 Å². The molecule has 2 aromatic carbocycles. The molecular formula is C20H23N3O5S. The van der Waals surface area contributed by atoms with Crippen LogP contribution in [-0.4, -0.2) is 51.6 Å². The molecule has 1 unspecified atom stereocenters. The summed E-state index contributed by atoms with van der Waals surface area (Å²) in [6.07, 6.45) is 2.14. The number of nitrogens with one attached hydrogen (secondary N) is 1. The molecule has 0 aliphatic carbocycles. The molecule has 154 valence electrons. The van der Waals surface area contributed by atoms with Crippen LogP contribution in [0.5, 0.6) is 11.5 Å². The molecule has 3 N–H and O–H groups in total. The van der Waals surface area contributed by atoms with Gasteiger partial charge in [0.25, 0.3) is 11.6 Å². The quantitative estimate of drug-likeness (QED) is 0.359. The van der Waals surface area contributed by atoms with Crippen LogP contribution >= 0.6 is 11.8 Å². The number of carbonyl (C=O) groups is 1. The molecule has 0 bridgehead atoms. The van der Waals surface area contributed by atoms with Crippen molar-refractivity contribution in [2.45, 2.75) is 35.6 Å². The monoisotopic (exact) mass is 417 g/mol. The highest BCUT2D eigenvalue weighted by atomic mass is 32.2. The van der Waals surface area contributed by atoms with Crippen molar-refractivity contribution >= 4 is 23.4 Å². The van der Waals surface area contributed by atoms with E-state index in [1.54, 1.807) is 12.1 Å². The van der Waals surface area contributed by atoms with Gasteiger partial charge in [-0.15, -0.1) is 0 Å². The first kappa shape index (κ1) is 20.9. The number of carbonyl (C=O) groups excluding carboxylic acids is 1. The number of nitrogens with zero attached hydrogens (tertiary/aromatic N) is 2. The molecule has 1 atom stereocenters. The summed E-state index contributed by atoms with van der Waals surface area (Å²) in [5, 5.41) is 33.4. The van der Waals surface area contributed by atoms with Crippen LogP contribution in [0.25, 0.3) is 0 Å². The maximum absolute atomic E-state index is 12.5. The normalized spacial score (nSPS) is 16.7. The van der Waals surface area contributed by atoms with Gasteiger partial charge in [0.1, 0.15) is 0 Å². The molecule has 1 heterocycles. The molecule has 1 saturated heterocycles. The third-order valence-electron chi connectivity index (χ3n) is 5.00. The fourth-order valence-electron chi connectivity index (χ4n) is 3.44. The first-order valence-corrected chi connectivity index (χ1v) is 10.2. The number of nitro benzene ring substituents is 1. The van der Waals surface area contributed by atoms with Gasteiger partial charge in [0.05, 0.1) is 9.82 Å². The zero-order valence-electron chi connectivity index (χ0n) is 16.0. The van der Waals surface area contributed by atoms with Crippen molar-refractivity contribution in [1.29, 1.82) is 0 Å². The van der Waals surface area contributed by atoms with Crippen LogP contribution in [0.1, 0.15) is 30.1 Å².